The van der Waals surface area contributed by atoms with E-state index in [1.807, 2.05) is 47.2 Å². The van der Waals surface area contributed by atoms with Crippen LogP contribution >= 0.6 is 0 Å². The van der Waals surface area contributed by atoms with Gasteiger partial charge in [-0.15, -0.1) is 0 Å². The van der Waals surface area contributed by atoms with E-state index in [1.54, 1.807) is 0 Å². The maximum Gasteiger partial charge on any atom is 0.274 e. The summed E-state index contributed by atoms with van der Waals surface area (Å²) in [7, 11) is 0. The Hall–Kier alpha value is -2.63. The number of hydrogen-bond acceptors (Lipinski definition) is 3. The van der Waals surface area contributed by atoms with Crippen LogP contribution in [0.15, 0.2) is 30.5 Å². The minimum atomic E-state index is -0.0213. The smallest absolute Gasteiger partial charge is 0.274 e. The quantitative estimate of drug-likeness (QED) is 0.820. The van der Waals surface area contributed by atoms with Crippen molar-refractivity contribution in [3.63, 3.8) is 0 Å². The SMILES string of the molecule is Cc1ccc(C(=O)N2CCN(C(=O)c3cn4c(n3)CC(C)CC4)CC2)cc1. The van der Waals surface area contributed by atoms with E-state index < -0.39 is 0 Å². The standard InChI is InChI=1S/C21H26N4O2/c1-15-3-5-17(6-4-15)20(26)23-9-11-24(12-10-23)21(27)18-14-25-8-7-16(2)13-19(25)22-18/h3-6,14,16H,7-13H2,1-2H3. The Balaban J connectivity index is 1.38. The summed E-state index contributed by atoms with van der Waals surface area (Å²) in [6.07, 6.45) is 3.97. The van der Waals surface area contributed by atoms with Gasteiger partial charge in [0.2, 0.25) is 0 Å². The first kappa shape index (κ1) is 17.8. The van der Waals surface area contributed by atoms with E-state index in [9.17, 15) is 9.59 Å². The molecule has 1 aromatic heterocycles. The molecule has 2 aromatic rings. The molecular formula is C21H26N4O2. The zero-order chi connectivity index (χ0) is 19.0. The van der Waals surface area contributed by atoms with Crippen LogP contribution in [0.5, 0.6) is 0 Å². The fourth-order valence-electron chi connectivity index (χ4n) is 3.84. The molecule has 27 heavy (non-hydrogen) atoms. The van der Waals surface area contributed by atoms with Gasteiger partial charge in [0.15, 0.2) is 0 Å². The number of amides is 2. The van der Waals surface area contributed by atoms with Crippen LogP contribution < -0.4 is 0 Å². The molecule has 0 radical (unpaired) electrons. The Morgan fingerprint density at radius 2 is 1.59 bits per heavy atom. The van der Waals surface area contributed by atoms with Crippen LogP contribution in [-0.2, 0) is 13.0 Å². The summed E-state index contributed by atoms with van der Waals surface area (Å²) < 4.78 is 2.12. The molecule has 0 bridgehead atoms. The molecule has 0 N–H and O–H groups in total. The summed E-state index contributed by atoms with van der Waals surface area (Å²) in [5.74, 6) is 1.66. The highest BCUT2D eigenvalue weighted by Gasteiger charge is 2.28. The van der Waals surface area contributed by atoms with Crippen LogP contribution in [-0.4, -0.2) is 57.3 Å². The molecule has 2 aliphatic heterocycles. The van der Waals surface area contributed by atoms with Crippen molar-refractivity contribution in [3.05, 3.63) is 53.1 Å². The average Bonchev–Trinajstić information content (AvgIpc) is 3.11. The van der Waals surface area contributed by atoms with Crippen molar-refractivity contribution in [2.75, 3.05) is 26.2 Å². The van der Waals surface area contributed by atoms with Crippen LogP contribution in [0.1, 0.15) is 45.6 Å². The van der Waals surface area contributed by atoms with Crippen LogP contribution in [0.4, 0.5) is 0 Å². The molecule has 2 amide bonds. The topological polar surface area (TPSA) is 58.4 Å². The monoisotopic (exact) mass is 366 g/mol. The first-order chi connectivity index (χ1) is 13.0. The maximum atomic E-state index is 12.8. The summed E-state index contributed by atoms with van der Waals surface area (Å²) in [6, 6.07) is 7.64. The summed E-state index contributed by atoms with van der Waals surface area (Å²) >= 11 is 0. The van der Waals surface area contributed by atoms with Crippen LogP contribution in [0.2, 0.25) is 0 Å². The highest BCUT2D eigenvalue weighted by molar-refractivity contribution is 5.95. The number of imidazole rings is 1. The largest absolute Gasteiger partial charge is 0.335 e. The van der Waals surface area contributed by atoms with Gasteiger partial charge < -0.3 is 14.4 Å². The minimum absolute atomic E-state index is 0.0213. The summed E-state index contributed by atoms with van der Waals surface area (Å²) in [4.78, 5) is 33.7. The van der Waals surface area contributed by atoms with Crippen molar-refractivity contribution in [1.29, 1.82) is 0 Å². The van der Waals surface area contributed by atoms with Gasteiger partial charge in [0.25, 0.3) is 11.8 Å². The highest BCUT2D eigenvalue weighted by atomic mass is 16.2. The molecule has 1 atom stereocenters. The molecule has 0 spiro atoms. The average molecular weight is 366 g/mol. The number of aromatic nitrogens is 2. The predicted molar refractivity (Wildman–Crippen MR) is 103 cm³/mol. The van der Waals surface area contributed by atoms with E-state index in [0.717, 1.165) is 30.8 Å². The zero-order valence-corrected chi connectivity index (χ0v) is 16.0. The van der Waals surface area contributed by atoms with Gasteiger partial charge in [-0.2, -0.15) is 0 Å². The number of nitrogens with zero attached hydrogens (tertiary/aromatic N) is 4. The molecule has 0 saturated carbocycles. The Kier molecular flexibility index (Phi) is 4.72. The van der Waals surface area contributed by atoms with Crippen molar-refractivity contribution in [2.45, 2.75) is 33.2 Å². The van der Waals surface area contributed by atoms with Gasteiger partial charge in [0, 0.05) is 50.9 Å². The Morgan fingerprint density at radius 3 is 2.26 bits per heavy atom. The summed E-state index contributed by atoms with van der Waals surface area (Å²) in [5, 5.41) is 0. The Labute approximate surface area is 159 Å². The number of rotatable bonds is 2. The number of carbonyl (C=O) groups excluding carboxylic acids is 2. The van der Waals surface area contributed by atoms with Gasteiger partial charge in [-0.25, -0.2) is 4.98 Å². The third-order valence-electron chi connectivity index (χ3n) is 5.62. The number of carbonyl (C=O) groups is 2. The van der Waals surface area contributed by atoms with Gasteiger partial charge in [0.05, 0.1) is 0 Å². The summed E-state index contributed by atoms with van der Waals surface area (Å²) in [5.41, 5.74) is 2.38. The van der Waals surface area contributed by atoms with Gasteiger partial charge in [0.1, 0.15) is 11.5 Å². The van der Waals surface area contributed by atoms with E-state index in [-0.39, 0.29) is 11.8 Å². The molecule has 142 valence electrons. The number of piperazine rings is 1. The van der Waals surface area contributed by atoms with Gasteiger partial charge in [-0.05, 0) is 31.4 Å². The molecule has 1 saturated heterocycles. The molecule has 0 aliphatic carbocycles. The van der Waals surface area contributed by atoms with E-state index in [4.69, 9.17) is 0 Å². The van der Waals surface area contributed by atoms with Gasteiger partial charge >= 0.3 is 0 Å². The molecule has 1 aromatic carbocycles. The summed E-state index contributed by atoms with van der Waals surface area (Å²) in [6.45, 7) is 7.39. The van der Waals surface area contributed by atoms with Crippen molar-refractivity contribution in [3.8, 4) is 0 Å². The fourth-order valence-corrected chi connectivity index (χ4v) is 3.84. The lowest BCUT2D eigenvalue weighted by molar-refractivity contribution is 0.0532. The lowest BCUT2D eigenvalue weighted by atomic mass is 10.0. The minimum Gasteiger partial charge on any atom is -0.335 e. The molecule has 3 heterocycles. The molecule has 4 rings (SSSR count). The Bertz CT molecular complexity index is 848. The van der Waals surface area contributed by atoms with Gasteiger partial charge in [-0.3, -0.25) is 9.59 Å². The van der Waals surface area contributed by atoms with Crippen LogP contribution in [0.25, 0.3) is 0 Å². The van der Waals surface area contributed by atoms with E-state index >= 15 is 0 Å². The number of hydrogen-bond donors (Lipinski definition) is 0. The first-order valence-corrected chi connectivity index (χ1v) is 9.72. The van der Waals surface area contributed by atoms with Crippen molar-refractivity contribution in [1.82, 2.24) is 19.4 Å². The third-order valence-corrected chi connectivity index (χ3v) is 5.62. The normalized spacial score (nSPS) is 19.7. The predicted octanol–water partition coefficient (Wildman–Crippen LogP) is 2.37. The van der Waals surface area contributed by atoms with Crippen LogP contribution in [0.3, 0.4) is 0 Å². The van der Waals surface area contributed by atoms with Crippen molar-refractivity contribution >= 4 is 11.8 Å². The first-order valence-electron chi connectivity index (χ1n) is 9.72. The van der Waals surface area contributed by atoms with E-state index in [1.165, 1.54) is 0 Å². The molecule has 6 heteroatoms. The van der Waals surface area contributed by atoms with Crippen molar-refractivity contribution < 1.29 is 9.59 Å². The highest BCUT2D eigenvalue weighted by Crippen LogP contribution is 2.20. The molecule has 2 aliphatic rings. The van der Waals surface area contributed by atoms with Gasteiger partial charge in [-0.1, -0.05) is 24.6 Å². The third kappa shape index (κ3) is 3.61. The van der Waals surface area contributed by atoms with Crippen LogP contribution in [0, 0.1) is 12.8 Å². The number of aryl methyl sites for hydroxylation is 2. The lowest BCUT2D eigenvalue weighted by Gasteiger charge is -2.34. The molecule has 6 nitrogen and oxygen atoms in total. The number of benzene rings is 1. The van der Waals surface area contributed by atoms with E-state index in [2.05, 4.69) is 16.5 Å². The van der Waals surface area contributed by atoms with Crippen molar-refractivity contribution in [2.24, 2.45) is 5.92 Å². The van der Waals surface area contributed by atoms with E-state index in [0.29, 0.717) is 43.4 Å². The fraction of sp³-hybridized carbons (Fsp3) is 0.476. The second-order valence-corrected chi connectivity index (χ2v) is 7.78. The maximum absolute atomic E-state index is 12.8. The Morgan fingerprint density at radius 1 is 0.963 bits per heavy atom. The molecular weight excluding hydrogens is 340 g/mol. The second-order valence-electron chi connectivity index (χ2n) is 7.78. The lowest BCUT2D eigenvalue weighted by Crippen LogP contribution is -2.50. The zero-order valence-electron chi connectivity index (χ0n) is 16.0. The molecule has 1 unspecified atom stereocenters. The number of fused-ring (bicyclic) bond motifs is 1. The molecule has 1 fully saturated rings. The second kappa shape index (κ2) is 7.18.